The highest BCUT2D eigenvalue weighted by atomic mass is 16.3. The van der Waals surface area contributed by atoms with Gasteiger partial charge in [0, 0.05) is 30.1 Å². The molecule has 2 heterocycles. The summed E-state index contributed by atoms with van der Waals surface area (Å²) >= 11 is 0. The molecule has 7 heteroatoms. The van der Waals surface area contributed by atoms with E-state index in [1.165, 1.54) is 0 Å². The van der Waals surface area contributed by atoms with E-state index in [1.807, 2.05) is 42.7 Å². The van der Waals surface area contributed by atoms with Crippen molar-refractivity contribution in [2.24, 2.45) is 5.92 Å². The highest BCUT2D eigenvalue weighted by molar-refractivity contribution is 5.94. The van der Waals surface area contributed by atoms with Gasteiger partial charge in [0.2, 0.25) is 0 Å². The number of carbonyl (C=O) groups is 1. The topological polar surface area (TPSA) is 95.8 Å². The highest BCUT2D eigenvalue weighted by Gasteiger charge is 2.36. The molecule has 2 aliphatic carbocycles. The molecule has 3 N–H and O–H groups in total. The molecule has 3 atom stereocenters. The molecule has 29 heavy (non-hydrogen) atoms. The summed E-state index contributed by atoms with van der Waals surface area (Å²) in [5.74, 6) is 1.49. The van der Waals surface area contributed by atoms with Gasteiger partial charge in [-0.2, -0.15) is 5.10 Å². The average molecular weight is 391 g/mol. The molecule has 1 unspecified atom stereocenters. The minimum absolute atomic E-state index is 0.165. The third kappa shape index (κ3) is 3.70. The molecule has 2 aliphatic rings. The lowest BCUT2D eigenvalue weighted by molar-refractivity contribution is 0.0867. The summed E-state index contributed by atoms with van der Waals surface area (Å²) in [5, 5.41) is 20.4. The molecule has 0 aliphatic heterocycles. The summed E-state index contributed by atoms with van der Waals surface area (Å²) in [4.78, 5) is 17.2. The molecule has 2 aromatic heterocycles. The fraction of sp³-hybridized carbons (Fsp3) is 0.409. The van der Waals surface area contributed by atoms with Crippen molar-refractivity contribution in [2.75, 3.05) is 0 Å². The summed E-state index contributed by atoms with van der Waals surface area (Å²) in [6.45, 7) is 0.769. The van der Waals surface area contributed by atoms with Crippen LogP contribution in [0.3, 0.4) is 0 Å². The number of amides is 1. The summed E-state index contributed by atoms with van der Waals surface area (Å²) < 4.78 is 2.14. The van der Waals surface area contributed by atoms with Crippen LogP contribution in [0.1, 0.15) is 47.7 Å². The van der Waals surface area contributed by atoms with Crippen LogP contribution in [0.5, 0.6) is 0 Å². The van der Waals surface area contributed by atoms with Crippen molar-refractivity contribution in [2.45, 2.75) is 50.3 Å². The van der Waals surface area contributed by atoms with E-state index in [4.69, 9.17) is 0 Å². The number of aliphatic hydroxyl groups is 1. The van der Waals surface area contributed by atoms with Crippen LogP contribution in [0.4, 0.5) is 0 Å². The van der Waals surface area contributed by atoms with Crippen molar-refractivity contribution in [1.82, 2.24) is 25.1 Å². The lowest BCUT2D eigenvalue weighted by atomic mass is 10.1. The van der Waals surface area contributed by atoms with Gasteiger partial charge in [-0.15, -0.1) is 0 Å². The molecule has 1 amide bonds. The number of hydrogen-bond donors (Lipinski definition) is 3. The van der Waals surface area contributed by atoms with Crippen molar-refractivity contribution >= 4 is 5.91 Å². The second kappa shape index (κ2) is 7.48. The smallest absolute Gasteiger partial charge is 0.269 e. The number of imidazole rings is 1. The first-order valence-electron chi connectivity index (χ1n) is 10.3. The fourth-order valence-corrected chi connectivity index (χ4v) is 4.43. The van der Waals surface area contributed by atoms with E-state index >= 15 is 0 Å². The molecular formula is C22H25N5O2. The Morgan fingerprint density at radius 3 is 2.86 bits per heavy atom. The molecule has 5 rings (SSSR count). The molecule has 7 nitrogen and oxygen atoms in total. The zero-order valence-corrected chi connectivity index (χ0v) is 16.2. The summed E-state index contributed by atoms with van der Waals surface area (Å²) in [6.07, 6.45) is 8.63. The predicted octanol–water partition coefficient (Wildman–Crippen LogP) is 2.72. The number of aromatic nitrogens is 4. The van der Waals surface area contributed by atoms with E-state index in [-0.39, 0.29) is 17.9 Å². The molecule has 2 saturated carbocycles. The van der Waals surface area contributed by atoms with Gasteiger partial charge in [0.25, 0.3) is 5.91 Å². The molecule has 0 saturated heterocycles. The van der Waals surface area contributed by atoms with E-state index in [9.17, 15) is 9.90 Å². The van der Waals surface area contributed by atoms with Crippen molar-refractivity contribution in [3.05, 3.63) is 60.2 Å². The number of carbonyl (C=O) groups excluding carboxylic acids is 1. The van der Waals surface area contributed by atoms with Gasteiger partial charge >= 0.3 is 0 Å². The number of aliphatic hydroxyl groups excluding tert-OH is 1. The molecular weight excluding hydrogens is 366 g/mol. The Bertz CT molecular complexity index is 992. The second-order valence-electron chi connectivity index (χ2n) is 8.23. The summed E-state index contributed by atoms with van der Waals surface area (Å²) in [5.41, 5.74) is 2.62. The van der Waals surface area contributed by atoms with E-state index < -0.39 is 6.10 Å². The van der Waals surface area contributed by atoms with Gasteiger partial charge in [-0.25, -0.2) is 4.98 Å². The van der Waals surface area contributed by atoms with Gasteiger partial charge in [-0.05, 0) is 37.5 Å². The Kier molecular flexibility index (Phi) is 4.67. The predicted molar refractivity (Wildman–Crippen MR) is 108 cm³/mol. The summed E-state index contributed by atoms with van der Waals surface area (Å²) in [6, 6.07) is 9.85. The highest BCUT2D eigenvalue weighted by Crippen LogP contribution is 2.41. The standard InChI is InChI=1S/C22H25N5O2/c28-19-11-14(13-27-9-8-23-21(27)16-4-2-1-3-5-16)10-18(19)25-22(29)20-17(12-24-26-20)15-6-7-15/h1-5,8-9,12,14-15,18-19,28H,6-7,10-11,13H2,(H,24,26)(H,25,29)/t14?,18-,19-/m1/s1. The number of nitrogens with one attached hydrogen (secondary N) is 2. The van der Waals surface area contributed by atoms with Crippen LogP contribution in [0, 0.1) is 5.92 Å². The molecule has 0 bridgehead atoms. The monoisotopic (exact) mass is 391 g/mol. The Balaban J connectivity index is 1.24. The Labute approximate surface area is 169 Å². The first kappa shape index (κ1) is 18.1. The Morgan fingerprint density at radius 2 is 2.07 bits per heavy atom. The first-order valence-corrected chi connectivity index (χ1v) is 10.3. The number of benzene rings is 1. The quantitative estimate of drug-likeness (QED) is 0.602. The zero-order valence-electron chi connectivity index (χ0n) is 16.2. The third-order valence-corrected chi connectivity index (χ3v) is 6.06. The zero-order chi connectivity index (χ0) is 19.8. The number of aromatic amines is 1. The Hall–Kier alpha value is -2.93. The van der Waals surface area contributed by atoms with E-state index in [0.29, 0.717) is 18.0 Å². The van der Waals surface area contributed by atoms with Crippen LogP contribution >= 0.6 is 0 Å². The molecule has 2 fully saturated rings. The van der Waals surface area contributed by atoms with Crippen molar-refractivity contribution in [3.63, 3.8) is 0 Å². The molecule has 150 valence electrons. The van der Waals surface area contributed by atoms with Crippen LogP contribution in [0.25, 0.3) is 11.4 Å². The lowest BCUT2D eigenvalue weighted by Crippen LogP contribution is -2.40. The molecule has 0 spiro atoms. The minimum atomic E-state index is -0.542. The normalized spacial score (nSPS) is 24.0. The second-order valence-corrected chi connectivity index (χ2v) is 8.23. The van der Waals surface area contributed by atoms with Crippen LogP contribution in [0.2, 0.25) is 0 Å². The van der Waals surface area contributed by atoms with Gasteiger partial charge in [0.15, 0.2) is 0 Å². The number of H-pyrrole nitrogens is 1. The average Bonchev–Trinajstić information content (AvgIpc) is 3.12. The van der Waals surface area contributed by atoms with Crippen LogP contribution in [-0.4, -0.2) is 42.9 Å². The summed E-state index contributed by atoms with van der Waals surface area (Å²) in [7, 11) is 0. The minimum Gasteiger partial charge on any atom is -0.391 e. The fourth-order valence-electron chi connectivity index (χ4n) is 4.43. The lowest BCUT2D eigenvalue weighted by Gasteiger charge is -2.16. The number of rotatable bonds is 6. The van der Waals surface area contributed by atoms with Crippen molar-refractivity contribution in [3.8, 4) is 11.4 Å². The van der Waals surface area contributed by atoms with Crippen LogP contribution in [-0.2, 0) is 6.54 Å². The van der Waals surface area contributed by atoms with E-state index in [2.05, 4.69) is 25.1 Å². The van der Waals surface area contributed by atoms with Crippen molar-refractivity contribution in [1.29, 1.82) is 0 Å². The van der Waals surface area contributed by atoms with E-state index in [1.54, 1.807) is 6.20 Å². The van der Waals surface area contributed by atoms with E-state index in [0.717, 1.165) is 42.8 Å². The maximum absolute atomic E-state index is 12.7. The van der Waals surface area contributed by atoms with Crippen LogP contribution < -0.4 is 5.32 Å². The number of nitrogens with zero attached hydrogens (tertiary/aromatic N) is 3. The Morgan fingerprint density at radius 1 is 1.24 bits per heavy atom. The molecule has 3 aromatic rings. The largest absolute Gasteiger partial charge is 0.391 e. The molecule has 0 radical (unpaired) electrons. The van der Waals surface area contributed by atoms with Gasteiger partial charge in [-0.3, -0.25) is 9.89 Å². The maximum atomic E-state index is 12.7. The maximum Gasteiger partial charge on any atom is 0.269 e. The van der Waals surface area contributed by atoms with Gasteiger partial charge in [0.1, 0.15) is 11.5 Å². The first-order chi connectivity index (χ1) is 14.2. The SMILES string of the molecule is O=C(N[C@@H]1CC(Cn2ccnc2-c2ccccc2)C[C@H]1O)c1[nH]ncc1C1CC1. The van der Waals surface area contributed by atoms with Crippen LogP contribution in [0.15, 0.2) is 48.9 Å². The number of hydrogen-bond acceptors (Lipinski definition) is 4. The third-order valence-electron chi connectivity index (χ3n) is 6.06. The molecule has 1 aromatic carbocycles. The van der Waals surface area contributed by atoms with Crippen molar-refractivity contribution < 1.29 is 9.90 Å². The van der Waals surface area contributed by atoms with Gasteiger partial charge in [-0.1, -0.05) is 30.3 Å². The van der Waals surface area contributed by atoms with Gasteiger partial charge < -0.3 is 15.0 Å². The van der Waals surface area contributed by atoms with Gasteiger partial charge in [0.05, 0.1) is 18.3 Å².